The summed E-state index contributed by atoms with van der Waals surface area (Å²) in [6, 6.07) is 3.55. The van der Waals surface area contributed by atoms with E-state index < -0.39 is 23.1 Å². The Hall–Kier alpha value is -2.44. The van der Waals surface area contributed by atoms with Gasteiger partial charge in [0.1, 0.15) is 0 Å². The molecule has 0 N–H and O–H groups in total. The van der Waals surface area contributed by atoms with Gasteiger partial charge in [0.2, 0.25) is 11.7 Å². The Morgan fingerprint density at radius 1 is 1.20 bits per heavy atom. The lowest BCUT2D eigenvalue weighted by Crippen LogP contribution is -2.15. The Bertz CT molecular complexity index is 642. The lowest BCUT2D eigenvalue weighted by atomic mass is 10.0. The molecular weight excluding hydrogens is 273 g/mol. The smallest absolute Gasteiger partial charge is 0.417 e. The number of pyridine rings is 2. The number of rotatable bonds is 3. The van der Waals surface area contributed by atoms with E-state index in [9.17, 15) is 18.0 Å². The van der Waals surface area contributed by atoms with E-state index >= 15 is 0 Å². The van der Waals surface area contributed by atoms with Crippen LogP contribution in [0.5, 0.6) is 5.88 Å². The van der Waals surface area contributed by atoms with Gasteiger partial charge in [-0.05, 0) is 18.2 Å². The van der Waals surface area contributed by atoms with E-state index in [0.29, 0.717) is 0 Å². The van der Waals surface area contributed by atoms with E-state index in [4.69, 9.17) is 4.74 Å². The summed E-state index contributed by atoms with van der Waals surface area (Å²) < 4.78 is 43.5. The molecule has 0 saturated carbocycles. The van der Waals surface area contributed by atoms with Crippen molar-refractivity contribution >= 4 is 5.78 Å². The number of carbonyl (C=O) groups excluding carboxylic acids is 1. The third-order valence-corrected chi connectivity index (χ3v) is 2.58. The van der Waals surface area contributed by atoms with Gasteiger partial charge in [-0.2, -0.15) is 13.2 Å². The van der Waals surface area contributed by atoms with Gasteiger partial charge < -0.3 is 4.74 Å². The van der Waals surface area contributed by atoms with E-state index in [1.165, 1.54) is 25.4 Å². The molecule has 7 heteroatoms. The summed E-state index contributed by atoms with van der Waals surface area (Å²) in [4.78, 5) is 19.6. The second-order valence-electron chi connectivity index (χ2n) is 3.81. The molecule has 0 bridgehead atoms. The van der Waals surface area contributed by atoms with Crippen molar-refractivity contribution in [1.29, 1.82) is 0 Å². The SMILES string of the molecule is COc1ncccc1C(=O)c1cnccc1C(F)(F)F. The van der Waals surface area contributed by atoms with Gasteiger partial charge in [0.05, 0.1) is 23.8 Å². The molecule has 2 rings (SSSR count). The first-order valence-electron chi connectivity index (χ1n) is 5.50. The lowest BCUT2D eigenvalue weighted by molar-refractivity contribution is -0.137. The topological polar surface area (TPSA) is 52.1 Å². The maximum atomic E-state index is 12.9. The number of methoxy groups -OCH3 is 1. The van der Waals surface area contributed by atoms with Gasteiger partial charge in [-0.1, -0.05) is 0 Å². The third-order valence-electron chi connectivity index (χ3n) is 2.58. The average Bonchev–Trinajstić information content (AvgIpc) is 2.45. The number of ether oxygens (including phenoxy) is 1. The summed E-state index contributed by atoms with van der Waals surface area (Å²) in [5, 5.41) is 0. The maximum absolute atomic E-state index is 12.9. The number of halogens is 3. The van der Waals surface area contributed by atoms with E-state index in [1.807, 2.05) is 0 Å². The van der Waals surface area contributed by atoms with Crippen molar-refractivity contribution in [2.45, 2.75) is 6.18 Å². The number of carbonyl (C=O) groups is 1. The van der Waals surface area contributed by atoms with Crippen LogP contribution in [0.1, 0.15) is 21.5 Å². The first kappa shape index (κ1) is 14.0. The Balaban J connectivity index is 2.55. The molecule has 0 aliphatic rings. The van der Waals surface area contributed by atoms with Crippen molar-refractivity contribution in [3.05, 3.63) is 53.5 Å². The Morgan fingerprint density at radius 2 is 1.95 bits per heavy atom. The summed E-state index contributed by atoms with van der Waals surface area (Å²) in [5.74, 6) is -0.871. The molecule has 2 heterocycles. The van der Waals surface area contributed by atoms with Crippen molar-refractivity contribution in [2.75, 3.05) is 7.11 Å². The van der Waals surface area contributed by atoms with E-state index in [0.717, 1.165) is 18.5 Å². The summed E-state index contributed by atoms with van der Waals surface area (Å²) in [6.07, 6.45) is -1.38. The predicted octanol–water partition coefficient (Wildman–Crippen LogP) is 2.74. The highest BCUT2D eigenvalue weighted by Crippen LogP contribution is 2.33. The Labute approximate surface area is 112 Å². The van der Waals surface area contributed by atoms with Gasteiger partial charge in [0, 0.05) is 18.6 Å². The van der Waals surface area contributed by atoms with E-state index in [-0.39, 0.29) is 11.4 Å². The predicted molar refractivity (Wildman–Crippen MR) is 63.5 cm³/mol. The van der Waals surface area contributed by atoms with Gasteiger partial charge >= 0.3 is 6.18 Å². The largest absolute Gasteiger partial charge is 0.480 e. The summed E-state index contributed by atoms with van der Waals surface area (Å²) >= 11 is 0. The minimum Gasteiger partial charge on any atom is -0.480 e. The second-order valence-corrected chi connectivity index (χ2v) is 3.81. The molecule has 0 fully saturated rings. The molecule has 0 amide bonds. The molecule has 104 valence electrons. The molecule has 2 aromatic heterocycles. The van der Waals surface area contributed by atoms with Crippen LogP contribution in [0, 0.1) is 0 Å². The van der Waals surface area contributed by atoms with Crippen LogP contribution in [-0.4, -0.2) is 22.9 Å². The molecule has 0 spiro atoms. The number of alkyl halides is 3. The Kier molecular flexibility index (Phi) is 3.69. The average molecular weight is 282 g/mol. The molecule has 0 aliphatic carbocycles. The van der Waals surface area contributed by atoms with Gasteiger partial charge in [0.15, 0.2) is 0 Å². The van der Waals surface area contributed by atoms with Crippen LogP contribution in [-0.2, 0) is 6.18 Å². The zero-order valence-electron chi connectivity index (χ0n) is 10.3. The number of ketones is 1. The fourth-order valence-corrected chi connectivity index (χ4v) is 1.69. The van der Waals surface area contributed by atoms with Crippen LogP contribution in [0.3, 0.4) is 0 Å². The second kappa shape index (κ2) is 5.28. The number of nitrogens with zero attached hydrogens (tertiary/aromatic N) is 2. The molecule has 0 saturated heterocycles. The van der Waals surface area contributed by atoms with Crippen LogP contribution in [0.25, 0.3) is 0 Å². The molecule has 0 unspecified atom stereocenters. The molecule has 20 heavy (non-hydrogen) atoms. The summed E-state index contributed by atoms with van der Waals surface area (Å²) in [7, 11) is 1.28. The molecule has 0 aliphatic heterocycles. The lowest BCUT2D eigenvalue weighted by Gasteiger charge is -2.12. The highest BCUT2D eigenvalue weighted by atomic mass is 19.4. The van der Waals surface area contributed by atoms with Crippen LogP contribution in [0.15, 0.2) is 36.8 Å². The summed E-state index contributed by atoms with van der Waals surface area (Å²) in [6.45, 7) is 0. The van der Waals surface area contributed by atoms with Crippen LogP contribution in [0.2, 0.25) is 0 Å². The maximum Gasteiger partial charge on any atom is 0.417 e. The fourth-order valence-electron chi connectivity index (χ4n) is 1.69. The van der Waals surface area contributed by atoms with Crippen molar-refractivity contribution < 1.29 is 22.7 Å². The summed E-state index contributed by atoms with van der Waals surface area (Å²) in [5.41, 5.74) is -1.62. The Morgan fingerprint density at radius 3 is 2.60 bits per heavy atom. The first-order valence-corrected chi connectivity index (χ1v) is 5.50. The normalized spacial score (nSPS) is 11.2. The van der Waals surface area contributed by atoms with Crippen molar-refractivity contribution in [2.24, 2.45) is 0 Å². The minimum atomic E-state index is -4.64. The zero-order chi connectivity index (χ0) is 14.8. The van der Waals surface area contributed by atoms with Gasteiger partial charge in [-0.3, -0.25) is 9.78 Å². The van der Waals surface area contributed by atoms with E-state index in [2.05, 4.69) is 9.97 Å². The number of hydrogen-bond donors (Lipinski definition) is 0. The van der Waals surface area contributed by atoms with Gasteiger partial charge in [-0.25, -0.2) is 4.98 Å². The molecule has 2 aromatic rings. The van der Waals surface area contributed by atoms with Crippen LogP contribution < -0.4 is 4.74 Å². The fraction of sp³-hybridized carbons (Fsp3) is 0.154. The standard InChI is InChI=1S/C13H9F3N2O2/c1-20-12-8(3-2-5-18-12)11(19)9-7-17-6-4-10(9)13(14,15)16/h2-7H,1H3. The van der Waals surface area contributed by atoms with Crippen molar-refractivity contribution in [1.82, 2.24) is 9.97 Å². The molecular formula is C13H9F3N2O2. The minimum absolute atomic E-state index is 0.0329. The quantitative estimate of drug-likeness (QED) is 0.812. The molecule has 4 nitrogen and oxygen atoms in total. The van der Waals surface area contributed by atoms with Crippen molar-refractivity contribution in [3.63, 3.8) is 0 Å². The third kappa shape index (κ3) is 2.61. The van der Waals surface area contributed by atoms with Crippen LogP contribution >= 0.6 is 0 Å². The highest BCUT2D eigenvalue weighted by molar-refractivity contribution is 6.11. The highest BCUT2D eigenvalue weighted by Gasteiger charge is 2.35. The van der Waals surface area contributed by atoms with Gasteiger partial charge in [0.25, 0.3) is 0 Å². The zero-order valence-corrected chi connectivity index (χ0v) is 10.3. The van der Waals surface area contributed by atoms with Crippen molar-refractivity contribution in [3.8, 4) is 5.88 Å². The van der Waals surface area contributed by atoms with E-state index in [1.54, 1.807) is 0 Å². The van der Waals surface area contributed by atoms with Gasteiger partial charge in [-0.15, -0.1) is 0 Å². The van der Waals surface area contributed by atoms with Crippen LogP contribution in [0.4, 0.5) is 13.2 Å². The molecule has 0 aromatic carbocycles. The number of hydrogen-bond acceptors (Lipinski definition) is 4. The molecule has 0 radical (unpaired) electrons. The molecule has 0 atom stereocenters. The first-order chi connectivity index (χ1) is 9.45. The number of aromatic nitrogens is 2. The monoisotopic (exact) mass is 282 g/mol.